The molecule has 1 atom stereocenters. The van der Waals surface area contributed by atoms with Crippen LogP contribution in [0.4, 0.5) is 11.4 Å². The third kappa shape index (κ3) is 4.66. The van der Waals surface area contributed by atoms with Crippen molar-refractivity contribution >= 4 is 29.2 Å². The van der Waals surface area contributed by atoms with E-state index in [1.807, 2.05) is 18.2 Å². The van der Waals surface area contributed by atoms with Crippen LogP contribution >= 0.6 is 0 Å². The minimum atomic E-state index is -0.940. The van der Waals surface area contributed by atoms with Gasteiger partial charge >= 0.3 is 11.9 Å². The molecule has 1 saturated heterocycles. The summed E-state index contributed by atoms with van der Waals surface area (Å²) in [7, 11) is 2.43. The van der Waals surface area contributed by atoms with Crippen LogP contribution in [-0.2, 0) is 23.9 Å². The van der Waals surface area contributed by atoms with E-state index < -0.39 is 17.9 Å². The Kier molecular flexibility index (Phi) is 7.67. The van der Waals surface area contributed by atoms with Gasteiger partial charge in [-0.2, -0.15) is 5.26 Å². The van der Waals surface area contributed by atoms with Crippen LogP contribution in [0.5, 0.6) is 0 Å². The molecule has 2 aromatic rings. The van der Waals surface area contributed by atoms with Crippen molar-refractivity contribution in [1.82, 2.24) is 4.90 Å². The van der Waals surface area contributed by atoms with Gasteiger partial charge in [0.05, 0.1) is 48.7 Å². The third-order valence-corrected chi connectivity index (χ3v) is 6.80. The topological polar surface area (TPSA) is 129 Å². The molecule has 1 fully saturated rings. The van der Waals surface area contributed by atoms with E-state index >= 15 is 0 Å². The van der Waals surface area contributed by atoms with E-state index in [1.54, 1.807) is 41.3 Å². The number of hydrogen-bond acceptors (Lipinski definition) is 9. The van der Waals surface area contributed by atoms with Crippen LogP contribution in [0.3, 0.4) is 0 Å². The number of para-hydroxylation sites is 2. The number of methoxy groups -OCH3 is 2. The lowest BCUT2D eigenvalue weighted by atomic mass is 9.81. The molecule has 0 aliphatic carbocycles. The van der Waals surface area contributed by atoms with Gasteiger partial charge in [-0.1, -0.05) is 42.5 Å². The fourth-order valence-corrected chi connectivity index (χ4v) is 4.95. The second-order valence-corrected chi connectivity index (χ2v) is 8.82. The number of esters is 2. The second kappa shape index (κ2) is 11.1. The highest BCUT2D eigenvalue weighted by molar-refractivity contribution is 6.07. The summed E-state index contributed by atoms with van der Waals surface area (Å²) in [4.78, 5) is 43.7. The lowest BCUT2D eigenvalue weighted by molar-refractivity contribution is -0.139. The fourth-order valence-electron chi connectivity index (χ4n) is 4.95. The van der Waals surface area contributed by atoms with E-state index in [4.69, 9.17) is 15.2 Å². The summed E-state index contributed by atoms with van der Waals surface area (Å²) < 4.78 is 10.2. The van der Waals surface area contributed by atoms with Gasteiger partial charge in [0, 0.05) is 33.1 Å². The zero-order chi connectivity index (χ0) is 27.4. The summed E-state index contributed by atoms with van der Waals surface area (Å²) in [5.41, 5.74) is 8.39. The molecule has 2 heterocycles. The monoisotopic (exact) mass is 515 g/mol. The van der Waals surface area contributed by atoms with Gasteiger partial charge in [0.15, 0.2) is 0 Å². The van der Waals surface area contributed by atoms with Gasteiger partial charge in [-0.3, -0.25) is 9.69 Å². The van der Waals surface area contributed by atoms with Crippen molar-refractivity contribution in [2.75, 3.05) is 50.2 Å². The first-order valence-corrected chi connectivity index (χ1v) is 12.1. The highest BCUT2D eigenvalue weighted by Gasteiger charge is 2.43. The molecule has 2 aliphatic heterocycles. The first kappa shape index (κ1) is 26.3. The number of nitriles is 1. The Balaban J connectivity index is 1.95. The molecule has 0 saturated carbocycles. The van der Waals surface area contributed by atoms with Crippen LogP contribution in [-0.4, -0.2) is 63.1 Å². The molecule has 38 heavy (non-hydrogen) atoms. The molecule has 0 aromatic heterocycles. The number of carbonyl (C=O) groups excluding carboxylic acids is 3. The van der Waals surface area contributed by atoms with Gasteiger partial charge in [0.1, 0.15) is 11.5 Å². The van der Waals surface area contributed by atoms with Crippen molar-refractivity contribution in [3.8, 4) is 6.07 Å². The Morgan fingerprint density at radius 3 is 2.03 bits per heavy atom. The van der Waals surface area contributed by atoms with Crippen molar-refractivity contribution in [2.45, 2.75) is 12.8 Å². The fraction of sp³-hybridized carbons (Fsp3) is 0.286. The van der Waals surface area contributed by atoms with Crippen LogP contribution in [0.15, 0.2) is 77.3 Å². The highest BCUT2D eigenvalue weighted by atomic mass is 16.5. The maximum Gasteiger partial charge on any atom is 0.355 e. The number of amides is 1. The van der Waals surface area contributed by atoms with Gasteiger partial charge in [0.25, 0.3) is 0 Å². The van der Waals surface area contributed by atoms with E-state index in [0.717, 1.165) is 5.69 Å². The van der Waals surface area contributed by atoms with E-state index in [-0.39, 0.29) is 28.6 Å². The van der Waals surface area contributed by atoms with Crippen molar-refractivity contribution in [3.05, 3.63) is 82.8 Å². The molecule has 0 radical (unpaired) electrons. The lowest BCUT2D eigenvalue weighted by Gasteiger charge is -2.40. The number of hydrogen-bond donors (Lipinski definition) is 1. The van der Waals surface area contributed by atoms with Gasteiger partial charge in [0.2, 0.25) is 5.91 Å². The van der Waals surface area contributed by atoms with Gasteiger partial charge in [-0.05, 0) is 17.7 Å². The molecular formula is C28H29N5O5. The lowest BCUT2D eigenvalue weighted by Crippen LogP contribution is -2.48. The molecule has 10 nitrogen and oxygen atoms in total. The Morgan fingerprint density at radius 1 is 0.895 bits per heavy atom. The number of piperazine rings is 1. The quantitative estimate of drug-likeness (QED) is 0.596. The van der Waals surface area contributed by atoms with Crippen molar-refractivity contribution in [3.63, 3.8) is 0 Å². The third-order valence-electron chi connectivity index (χ3n) is 6.80. The summed E-state index contributed by atoms with van der Waals surface area (Å²) in [6, 6.07) is 18.3. The van der Waals surface area contributed by atoms with E-state index in [2.05, 4.69) is 11.0 Å². The van der Waals surface area contributed by atoms with Crippen LogP contribution in [0.2, 0.25) is 0 Å². The largest absolute Gasteiger partial charge is 0.466 e. The van der Waals surface area contributed by atoms with Crippen molar-refractivity contribution in [1.29, 1.82) is 5.26 Å². The maximum atomic E-state index is 13.4. The zero-order valence-corrected chi connectivity index (χ0v) is 21.5. The van der Waals surface area contributed by atoms with Gasteiger partial charge in [-0.15, -0.1) is 0 Å². The van der Waals surface area contributed by atoms with Crippen LogP contribution in [0, 0.1) is 11.3 Å². The summed E-state index contributed by atoms with van der Waals surface area (Å²) in [5, 5.41) is 10.3. The highest BCUT2D eigenvalue weighted by Crippen LogP contribution is 2.45. The second-order valence-electron chi connectivity index (χ2n) is 8.82. The average molecular weight is 516 g/mol. The molecular weight excluding hydrogens is 486 g/mol. The van der Waals surface area contributed by atoms with Crippen LogP contribution in [0.1, 0.15) is 18.4 Å². The van der Waals surface area contributed by atoms with Gasteiger partial charge < -0.3 is 25.0 Å². The molecule has 196 valence electrons. The number of nitrogens with zero attached hydrogens (tertiary/aromatic N) is 4. The molecule has 1 unspecified atom stereocenters. The molecule has 10 heteroatoms. The maximum absolute atomic E-state index is 13.4. The molecule has 2 aromatic carbocycles. The number of benzene rings is 2. The summed E-state index contributed by atoms with van der Waals surface area (Å²) >= 11 is 0. The Labute approximate surface area is 221 Å². The molecule has 4 rings (SSSR count). The molecule has 2 aliphatic rings. The van der Waals surface area contributed by atoms with Crippen LogP contribution < -0.4 is 15.5 Å². The number of allylic oxidation sites excluding steroid dienone is 1. The normalized spacial score (nSPS) is 17.7. The smallest absolute Gasteiger partial charge is 0.355 e. The average Bonchev–Trinajstić information content (AvgIpc) is 2.96. The zero-order valence-electron chi connectivity index (χ0n) is 21.5. The minimum Gasteiger partial charge on any atom is -0.466 e. The van der Waals surface area contributed by atoms with Gasteiger partial charge in [-0.25, -0.2) is 9.59 Å². The first-order valence-electron chi connectivity index (χ1n) is 12.1. The van der Waals surface area contributed by atoms with Crippen molar-refractivity contribution in [2.24, 2.45) is 5.73 Å². The summed E-state index contributed by atoms with van der Waals surface area (Å²) in [6.07, 6.45) is 0. The standard InChI is InChI=1S/C28H29N5O5/c1-18(34)31-13-15-32(16-14-31)21-11-7-8-12-22(21)33-25(28(36)38-3)24(27(35)37-2)23(20(17-29)26(33)30)19-9-5-4-6-10-19/h4-12,23H,13-16,30H2,1-3H3. The molecule has 2 N–H and O–H groups in total. The van der Waals surface area contributed by atoms with Crippen LogP contribution in [0.25, 0.3) is 0 Å². The number of carbonyl (C=O) groups is 3. The minimum absolute atomic E-state index is 0.00391. The SMILES string of the molecule is COC(=O)C1=C(C(=O)OC)N(c2ccccc2N2CCN(C(C)=O)CC2)C(N)=C(C#N)C1c1ccccc1. The molecule has 0 spiro atoms. The first-order chi connectivity index (χ1) is 18.3. The summed E-state index contributed by atoms with van der Waals surface area (Å²) in [6.45, 7) is 3.69. The summed E-state index contributed by atoms with van der Waals surface area (Å²) in [5.74, 6) is -2.51. The number of ether oxygens (including phenoxy) is 2. The Morgan fingerprint density at radius 2 is 1.47 bits per heavy atom. The predicted molar refractivity (Wildman–Crippen MR) is 140 cm³/mol. The number of anilines is 2. The number of rotatable bonds is 5. The Hall–Kier alpha value is -4.78. The molecule has 1 amide bonds. The Bertz CT molecular complexity index is 1350. The molecule has 0 bridgehead atoms. The van der Waals surface area contributed by atoms with Crippen molar-refractivity contribution < 1.29 is 23.9 Å². The van der Waals surface area contributed by atoms with E-state index in [1.165, 1.54) is 26.0 Å². The van der Waals surface area contributed by atoms with E-state index in [0.29, 0.717) is 37.4 Å². The predicted octanol–water partition coefficient (Wildman–Crippen LogP) is 2.25. The number of nitrogens with two attached hydrogens (primary N) is 1. The van der Waals surface area contributed by atoms with E-state index in [9.17, 15) is 19.6 Å².